The molecule has 16 heavy (non-hydrogen) atoms. The van der Waals surface area contributed by atoms with Crippen LogP contribution in [0.25, 0.3) is 0 Å². The van der Waals surface area contributed by atoms with Crippen molar-refractivity contribution in [2.24, 2.45) is 0 Å². The van der Waals surface area contributed by atoms with Gasteiger partial charge in [0.05, 0.1) is 18.0 Å². The first-order valence-corrected chi connectivity index (χ1v) is 6.83. The first-order chi connectivity index (χ1) is 7.62. The van der Waals surface area contributed by atoms with Crippen molar-refractivity contribution in [3.8, 4) is 0 Å². The van der Waals surface area contributed by atoms with Gasteiger partial charge in [0.1, 0.15) is 0 Å². The molecule has 0 amide bonds. The molecule has 0 radical (unpaired) electrons. The Morgan fingerprint density at radius 3 is 3.00 bits per heavy atom. The maximum absolute atomic E-state index is 11.6. The summed E-state index contributed by atoms with van der Waals surface area (Å²) in [6.07, 6.45) is 2.40. The van der Waals surface area contributed by atoms with E-state index in [4.69, 9.17) is 0 Å². The quantitative estimate of drug-likeness (QED) is 0.844. The van der Waals surface area contributed by atoms with Crippen molar-refractivity contribution >= 4 is 15.7 Å². The molecule has 5 nitrogen and oxygen atoms in total. The van der Waals surface area contributed by atoms with E-state index < -0.39 is 10.0 Å². The lowest BCUT2D eigenvalue weighted by Crippen LogP contribution is -2.25. The van der Waals surface area contributed by atoms with Crippen LogP contribution in [0.15, 0.2) is 18.3 Å². The Morgan fingerprint density at radius 2 is 2.38 bits per heavy atom. The van der Waals surface area contributed by atoms with E-state index in [1.165, 1.54) is 4.31 Å². The molecule has 0 spiro atoms. The number of pyridine rings is 1. The maximum Gasteiger partial charge on any atom is 0.214 e. The fraction of sp³-hybridized carbons (Fsp3) is 0.500. The lowest BCUT2D eigenvalue weighted by atomic mass is 10.3. The summed E-state index contributed by atoms with van der Waals surface area (Å²) < 4.78 is 24.7. The first kappa shape index (κ1) is 11.3. The zero-order valence-corrected chi connectivity index (χ0v) is 10.00. The van der Waals surface area contributed by atoms with Crippen molar-refractivity contribution in [2.45, 2.75) is 13.0 Å². The summed E-state index contributed by atoms with van der Waals surface area (Å²) in [5, 5.41) is 3.01. The molecule has 1 aromatic rings. The van der Waals surface area contributed by atoms with Gasteiger partial charge in [0.25, 0.3) is 0 Å². The topological polar surface area (TPSA) is 62.3 Å². The lowest BCUT2D eigenvalue weighted by Gasteiger charge is -2.13. The molecule has 1 aliphatic rings. The number of hydrogen-bond acceptors (Lipinski definition) is 4. The average molecular weight is 241 g/mol. The van der Waals surface area contributed by atoms with Crippen LogP contribution in [-0.2, 0) is 16.6 Å². The average Bonchev–Trinajstić information content (AvgIpc) is 2.59. The molecule has 0 aromatic carbocycles. The van der Waals surface area contributed by atoms with Crippen LogP contribution in [0.5, 0.6) is 0 Å². The van der Waals surface area contributed by atoms with E-state index in [1.54, 1.807) is 6.20 Å². The molecule has 0 bridgehead atoms. The Labute approximate surface area is 95.5 Å². The second-order valence-electron chi connectivity index (χ2n) is 3.79. The van der Waals surface area contributed by atoms with Gasteiger partial charge < -0.3 is 5.32 Å². The summed E-state index contributed by atoms with van der Waals surface area (Å²) in [5.74, 6) is 0.263. The van der Waals surface area contributed by atoms with Crippen LogP contribution in [-0.4, -0.2) is 37.1 Å². The molecule has 0 unspecified atom stereocenters. The van der Waals surface area contributed by atoms with E-state index >= 15 is 0 Å². The Hall–Kier alpha value is -1.14. The van der Waals surface area contributed by atoms with Crippen molar-refractivity contribution in [1.82, 2.24) is 9.29 Å². The minimum absolute atomic E-state index is 0.263. The molecule has 0 aliphatic carbocycles. The van der Waals surface area contributed by atoms with Gasteiger partial charge in [-0.05, 0) is 18.6 Å². The van der Waals surface area contributed by atoms with Crippen LogP contribution >= 0.6 is 0 Å². The fourth-order valence-corrected chi connectivity index (χ4v) is 3.26. The number of rotatable bonds is 3. The molecule has 0 saturated carbocycles. The minimum Gasteiger partial charge on any atom is -0.388 e. The largest absolute Gasteiger partial charge is 0.388 e. The first-order valence-electron chi connectivity index (χ1n) is 5.22. The van der Waals surface area contributed by atoms with Crippen LogP contribution in [0, 0.1) is 0 Å². The van der Waals surface area contributed by atoms with Gasteiger partial charge in [-0.15, -0.1) is 0 Å². The molecule has 1 saturated heterocycles. The number of aromatic nitrogens is 1. The van der Waals surface area contributed by atoms with Crippen molar-refractivity contribution in [3.05, 3.63) is 24.0 Å². The molecule has 1 N–H and O–H groups in total. The van der Waals surface area contributed by atoms with Crippen molar-refractivity contribution < 1.29 is 8.42 Å². The summed E-state index contributed by atoms with van der Waals surface area (Å²) in [4.78, 5) is 4.17. The molecule has 88 valence electrons. The Kier molecular flexibility index (Phi) is 3.11. The van der Waals surface area contributed by atoms with Crippen LogP contribution in [0.2, 0.25) is 0 Å². The summed E-state index contributed by atoms with van der Waals surface area (Å²) in [6, 6.07) is 3.72. The van der Waals surface area contributed by atoms with E-state index in [0.717, 1.165) is 11.4 Å². The summed E-state index contributed by atoms with van der Waals surface area (Å²) >= 11 is 0. The van der Waals surface area contributed by atoms with E-state index in [9.17, 15) is 8.42 Å². The number of nitrogens with one attached hydrogen (secondary N) is 1. The SMILES string of the molecule is CNc1ccnc(CN2CCCS2(=O)=O)c1. The third-order valence-electron chi connectivity index (χ3n) is 2.65. The molecule has 1 fully saturated rings. The standard InChI is InChI=1S/C10H15N3O2S/c1-11-9-3-4-12-10(7-9)8-13-5-2-6-16(13,14)15/h3-4,7H,2,5-6,8H2,1H3,(H,11,12). The third-order valence-corrected chi connectivity index (χ3v) is 4.55. The number of anilines is 1. The van der Waals surface area contributed by atoms with Gasteiger partial charge in [-0.25, -0.2) is 8.42 Å². The molecule has 2 rings (SSSR count). The fourth-order valence-electron chi connectivity index (χ4n) is 1.77. The van der Waals surface area contributed by atoms with Crippen LogP contribution in [0.4, 0.5) is 5.69 Å². The Balaban J connectivity index is 2.15. The second kappa shape index (κ2) is 4.39. The highest BCUT2D eigenvalue weighted by Crippen LogP contribution is 2.17. The lowest BCUT2D eigenvalue weighted by molar-refractivity contribution is 0.435. The summed E-state index contributed by atoms with van der Waals surface area (Å²) in [7, 11) is -1.21. The highest BCUT2D eigenvalue weighted by Gasteiger charge is 2.28. The Morgan fingerprint density at radius 1 is 1.56 bits per heavy atom. The van der Waals surface area contributed by atoms with Gasteiger partial charge >= 0.3 is 0 Å². The van der Waals surface area contributed by atoms with E-state index in [2.05, 4.69) is 10.3 Å². The Bertz CT molecular complexity index is 473. The molecular weight excluding hydrogens is 226 g/mol. The molecule has 2 heterocycles. The van der Waals surface area contributed by atoms with Gasteiger partial charge in [0.15, 0.2) is 0 Å². The van der Waals surface area contributed by atoms with Crippen molar-refractivity contribution in [3.63, 3.8) is 0 Å². The number of hydrogen-bond donors (Lipinski definition) is 1. The van der Waals surface area contributed by atoms with Gasteiger partial charge in [-0.1, -0.05) is 0 Å². The van der Waals surface area contributed by atoms with E-state index in [1.807, 2.05) is 19.2 Å². The van der Waals surface area contributed by atoms with Crippen LogP contribution in [0.3, 0.4) is 0 Å². The normalized spacial score (nSPS) is 19.8. The number of nitrogens with zero attached hydrogens (tertiary/aromatic N) is 2. The monoisotopic (exact) mass is 241 g/mol. The summed E-state index contributed by atoms with van der Waals surface area (Å²) in [5.41, 5.74) is 1.72. The predicted molar refractivity (Wildman–Crippen MR) is 62.6 cm³/mol. The third kappa shape index (κ3) is 2.33. The van der Waals surface area contributed by atoms with E-state index in [-0.39, 0.29) is 5.75 Å². The van der Waals surface area contributed by atoms with Gasteiger partial charge in [-0.2, -0.15) is 4.31 Å². The zero-order chi connectivity index (χ0) is 11.6. The van der Waals surface area contributed by atoms with Crippen LogP contribution in [0.1, 0.15) is 12.1 Å². The van der Waals surface area contributed by atoms with E-state index in [0.29, 0.717) is 19.5 Å². The van der Waals surface area contributed by atoms with Crippen LogP contribution < -0.4 is 5.32 Å². The predicted octanol–water partition coefficient (Wildman–Crippen LogP) is 0.659. The minimum atomic E-state index is -3.03. The van der Waals surface area contributed by atoms with Crippen molar-refractivity contribution in [2.75, 3.05) is 24.7 Å². The molecule has 1 aromatic heterocycles. The highest BCUT2D eigenvalue weighted by atomic mass is 32.2. The molecule has 1 aliphatic heterocycles. The molecule has 6 heteroatoms. The molecule has 0 atom stereocenters. The van der Waals surface area contributed by atoms with Gasteiger partial charge in [0.2, 0.25) is 10.0 Å². The zero-order valence-electron chi connectivity index (χ0n) is 9.18. The number of sulfonamides is 1. The van der Waals surface area contributed by atoms with Gasteiger partial charge in [-0.3, -0.25) is 4.98 Å². The summed E-state index contributed by atoms with van der Waals surface area (Å²) in [6.45, 7) is 0.978. The maximum atomic E-state index is 11.6. The molecular formula is C10H15N3O2S. The second-order valence-corrected chi connectivity index (χ2v) is 5.88. The van der Waals surface area contributed by atoms with Gasteiger partial charge in [0, 0.05) is 25.5 Å². The smallest absolute Gasteiger partial charge is 0.214 e. The van der Waals surface area contributed by atoms with Crippen molar-refractivity contribution in [1.29, 1.82) is 0 Å². The highest BCUT2D eigenvalue weighted by molar-refractivity contribution is 7.89.